The first-order chi connectivity index (χ1) is 8.25. The topological polar surface area (TPSA) is 24.9 Å². The highest BCUT2D eigenvalue weighted by molar-refractivity contribution is 9.10. The number of nitrogens with zero attached hydrogens (tertiary/aromatic N) is 1. The van der Waals surface area contributed by atoms with Gasteiger partial charge in [-0.25, -0.2) is 0 Å². The van der Waals surface area contributed by atoms with E-state index in [1.54, 1.807) is 0 Å². The molecular weight excluding hydrogens is 276 g/mol. The van der Waals surface area contributed by atoms with Gasteiger partial charge in [-0.05, 0) is 42.3 Å². The Bertz CT molecular complexity index is 471. The van der Waals surface area contributed by atoms with Crippen molar-refractivity contribution in [3.8, 4) is 0 Å². The van der Waals surface area contributed by atoms with Crippen molar-refractivity contribution in [2.75, 3.05) is 0 Å². The van der Waals surface area contributed by atoms with Crippen LogP contribution in [0.15, 0.2) is 53.3 Å². The van der Waals surface area contributed by atoms with Gasteiger partial charge in [0.25, 0.3) is 0 Å². The maximum Gasteiger partial charge on any atom is 0.0295 e. The molecule has 1 atom stereocenters. The molecule has 0 spiro atoms. The van der Waals surface area contributed by atoms with E-state index >= 15 is 0 Å². The first-order valence-electron chi connectivity index (χ1n) is 5.63. The molecular formula is C14H15BrN2. The van der Waals surface area contributed by atoms with E-state index < -0.39 is 0 Å². The van der Waals surface area contributed by atoms with Crippen LogP contribution < -0.4 is 5.32 Å². The zero-order chi connectivity index (χ0) is 12.1. The summed E-state index contributed by atoms with van der Waals surface area (Å²) in [6.45, 7) is 3.03. The second kappa shape index (κ2) is 5.94. The summed E-state index contributed by atoms with van der Waals surface area (Å²) in [7, 11) is 0. The summed E-state index contributed by atoms with van der Waals surface area (Å²) in [5.41, 5.74) is 2.54. The van der Waals surface area contributed by atoms with E-state index in [1.807, 2.05) is 30.6 Å². The van der Waals surface area contributed by atoms with Gasteiger partial charge in [0.05, 0.1) is 0 Å². The van der Waals surface area contributed by atoms with Gasteiger partial charge in [-0.15, -0.1) is 0 Å². The van der Waals surface area contributed by atoms with Gasteiger partial charge in [-0.3, -0.25) is 4.98 Å². The average molecular weight is 291 g/mol. The Morgan fingerprint density at radius 2 is 2.00 bits per heavy atom. The zero-order valence-corrected chi connectivity index (χ0v) is 11.3. The van der Waals surface area contributed by atoms with E-state index in [-0.39, 0.29) is 0 Å². The van der Waals surface area contributed by atoms with Crippen LogP contribution in [-0.2, 0) is 6.54 Å². The fourth-order valence-corrected chi connectivity index (χ4v) is 2.08. The van der Waals surface area contributed by atoms with Crippen LogP contribution in [0, 0.1) is 0 Å². The molecule has 2 aromatic rings. The normalized spacial score (nSPS) is 12.4. The predicted molar refractivity (Wildman–Crippen MR) is 73.6 cm³/mol. The molecule has 3 heteroatoms. The molecule has 1 N–H and O–H groups in total. The molecule has 88 valence electrons. The molecule has 0 radical (unpaired) electrons. The molecule has 2 rings (SSSR count). The van der Waals surface area contributed by atoms with Crippen molar-refractivity contribution in [2.45, 2.75) is 19.5 Å². The molecule has 0 saturated carbocycles. The van der Waals surface area contributed by atoms with Crippen molar-refractivity contribution in [3.63, 3.8) is 0 Å². The Kier molecular flexibility index (Phi) is 4.29. The lowest BCUT2D eigenvalue weighted by Crippen LogP contribution is -2.17. The van der Waals surface area contributed by atoms with Gasteiger partial charge in [-0.1, -0.05) is 28.1 Å². The standard InChI is InChI=1S/C14H15BrN2/c1-11(13-3-2-4-14(15)9-13)17-10-12-5-7-16-8-6-12/h2-9,11,17H,10H2,1H3/t11-/m1/s1. The van der Waals surface area contributed by atoms with Crippen LogP contribution in [-0.4, -0.2) is 4.98 Å². The third-order valence-electron chi connectivity index (χ3n) is 2.71. The monoisotopic (exact) mass is 290 g/mol. The summed E-state index contributed by atoms with van der Waals surface area (Å²) in [6, 6.07) is 12.8. The molecule has 0 bridgehead atoms. The first-order valence-corrected chi connectivity index (χ1v) is 6.43. The molecule has 0 fully saturated rings. The van der Waals surface area contributed by atoms with Gasteiger partial charge >= 0.3 is 0 Å². The van der Waals surface area contributed by atoms with E-state index in [2.05, 4.69) is 51.4 Å². The van der Waals surface area contributed by atoms with Gasteiger partial charge in [0.2, 0.25) is 0 Å². The van der Waals surface area contributed by atoms with Gasteiger partial charge in [0.1, 0.15) is 0 Å². The number of pyridine rings is 1. The molecule has 0 unspecified atom stereocenters. The maximum absolute atomic E-state index is 4.01. The Morgan fingerprint density at radius 3 is 2.71 bits per heavy atom. The van der Waals surface area contributed by atoms with Crippen LogP contribution in [0.1, 0.15) is 24.1 Å². The lowest BCUT2D eigenvalue weighted by molar-refractivity contribution is 0.574. The Hall–Kier alpha value is -1.19. The highest BCUT2D eigenvalue weighted by Crippen LogP contribution is 2.18. The summed E-state index contributed by atoms with van der Waals surface area (Å²) in [5, 5.41) is 3.49. The predicted octanol–water partition coefficient (Wildman–Crippen LogP) is 3.69. The number of halogens is 1. The van der Waals surface area contributed by atoms with Crippen molar-refractivity contribution in [1.29, 1.82) is 0 Å². The molecule has 1 aromatic heterocycles. The largest absolute Gasteiger partial charge is 0.306 e. The second-order valence-electron chi connectivity index (χ2n) is 4.01. The molecule has 0 saturated heterocycles. The van der Waals surface area contributed by atoms with E-state index in [4.69, 9.17) is 0 Å². The van der Waals surface area contributed by atoms with Crippen LogP contribution in [0.3, 0.4) is 0 Å². The van der Waals surface area contributed by atoms with Gasteiger partial charge < -0.3 is 5.32 Å². The van der Waals surface area contributed by atoms with Crippen molar-refractivity contribution in [2.24, 2.45) is 0 Å². The van der Waals surface area contributed by atoms with E-state index in [0.717, 1.165) is 11.0 Å². The highest BCUT2D eigenvalue weighted by Gasteiger charge is 2.04. The van der Waals surface area contributed by atoms with Crippen LogP contribution in [0.25, 0.3) is 0 Å². The van der Waals surface area contributed by atoms with E-state index in [0.29, 0.717) is 6.04 Å². The minimum Gasteiger partial charge on any atom is -0.306 e. The number of benzene rings is 1. The smallest absolute Gasteiger partial charge is 0.0295 e. The number of rotatable bonds is 4. The van der Waals surface area contributed by atoms with Crippen molar-refractivity contribution in [3.05, 3.63) is 64.4 Å². The summed E-state index contributed by atoms with van der Waals surface area (Å²) in [4.78, 5) is 4.01. The number of hydrogen-bond donors (Lipinski definition) is 1. The molecule has 0 aliphatic rings. The summed E-state index contributed by atoms with van der Waals surface area (Å²) in [5.74, 6) is 0. The Labute approximate surface area is 110 Å². The van der Waals surface area contributed by atoms with Crippen molar-refractivity contribution >= 4 is 15.9 Å². The molecule has 0 aliphatic heterocycles. The molecule has 0 amide bonds. The quantitative estimate of drug-likeness (QED) is 0.929. The summed E-state index contributed by atoms with van der Waals surface area (Å²) in [6.07, 6.45) is 3.64. The molecule has 1 aromatic carbocycles. The number of nitrogens with one attached hydrogen (secondary N) is 1. The van der Waals surface area contributed by atoms with Crippen molar-refractivity contribution in [1.82, 2.24) is 10.3 Å². The van der Waals surface area contributed by atoms with Crippen LogP contribution in [0.2, 0.25) is 0 Å². The number of hydrogen-bond acceptors (Lipinski definition) is 2. The minimum absolute atomic E-state index is 0.334. The van der Waals surface area contributed by atoms with Crippen LogP contribution in [0.5, 0.6) is 0 Å². The second-order valence-corrected chi connectivity index (χ2v) is 4.93. The maximum atomic E-state index is 4.01. The van der Waals surface area contributed by atoms with E-state index in [9.17, 15) is 0 Å². The lowest BCUT2D eigenvalue weighted by atomic mass is 10.1. The minimum atomic E-state index is 0.334. The molecule has 17 heavy (non-hydrogen) atoms. The Morgan fingerprint density at radius 1 is 1.24 bits per heavy atom. The zero-order valence-electron chi connectivity index (χ0n) is 9.73. The fraction of sp³-hybridized carbons (Fsp3) is 0.214. The third kappa shape index (κ3) is 3.65. The average Bonchev–Trinajstić information content (AvgIpc) is 2.37. The van der Waals surface area contributed by atoms with Crippen LogP contribution >= 0.6 is 15.9 Å². The molecule has 0 aliphatic carbocycles. The number of aromatic nitrogens is 1. The van der Waals surface area contributed by atoms with Gasteiger partial charge in [0.15, 0.2) is 0 Å². The Balaban J connectivity index is 1.96. The molecule has 1 heterocycles. The summed E-state index contributed by atoms with van der Waals surface area (Å²) >= 11 is 3.49. The van der Waals surface area contributed by atoms with Crippen LogP contribution in [0.4, 0.5) is 0 Å². The van der Waals surface area contributed by atoms with Gasteiger partial charge in [0, 0.05) is 29.5 Å². The van der Waals surface area contributed by atoms with Gasteiger partial charge in [-0.2, -0.15) is 0 Å². The first kappa shape index (κ1) is 12.3. The summed E-state index contributed by atoms with van der Waals surface area (Å²) < 4.78 is 1.12. The van der Waals surface area contributed by atoms with E-state index in [1.165, 1.54) is 11.1 Å². The SMILES string of the molecule is C[C@@H](NCc1ccncc1)c1cccc(Br)c1. The highest BCUT2D eigenvalue weighted by atomic mass is 79.9. The molecule has 2 nitrogen and oxygen atoms in total. The third-order valence-corrected chi connectivity index (χ3v) is 3.20. The fourth-order valence-electron chi connectivity index (χ4n) is 1.67. The van der Waals surface area contributed by atoms with Crippen molar-refractivity contribution < 1.29 is 0 Å². The lowest BCUT2D eigenvalue weighted by Gasteiger charge is -2.14.